The van der Waals surface area contributed by atoms with E-state index >= 15 is 0 Å². The third-order valence-corrected chi connectivity index (χ3v) is 4.68. The molecular weight excluding hydrogens is 298 g/mol. The summed E-state index contributed by atoms with van der Waals surface area (Å²) in [5.41, 5.74) is 6.50. The van der Waals surface area contributed by atoms with Gasteiger partial charge in [0.05, 0.1) is 9.21 Å². The number of anilines is 1. The highest BCUT2D eigenvalue weighted by Gasteiger charge is 2.26. The van der Waals surface area contributed by atoms with Crippen LogP contribution in [-0.4, -0.2) is 17.1 Å². The van der Waals surface area contributed by atoms with Gasteiger partial charge in [0.15, 0.2) is 0 Å². The Balaban J connectivity index is 1.88. The Hall–Kier alpha value is -1.53. The van der Waals surface area contributed by atoms with E-state index in [1.54, 1.807) is 12.1 Å². The number of amides is 1. The Morgan fingerprint density at radius 1 is 1.45 bits per heavy atom. The third kappa shape index (κ3) is 2.53. The van der Waals surface area contributed by atoms with Gasteiger partial charge in [0.25, 0.3) is 5.91 Å². The van der Waals surface area contributed by atoms with E-state index < -0.39 is 0 Å². The zero-order chi connectivity index (χ0) is 14.1. The number of hydrogen-bond acceptors (Lipinski definition) is 5. The minimum absolute atomic E-state index is 0.0417. The average molecular weight is 312 g/mol. The molecule has 0 bridgehead atoms. The molecule has 0 saturated heterocycles. The van der Waals surface area contributed by atoms with Crippen LogP contribution < -0.4 is 11.1 Å². The number of halogens is 1. The second kappa shape index (κ2) is 5.46. The van der Waals surface area contributed by atoms with Crippen LogP contribution in [0.1, 0.15) is 36.0 Å². The van der Waals surface area contributed by atoms with Crippen LogP contribution in [0.2, 0.25) is 4.34 Å². The second-order valence-electron chi connectivity index (χ2n) is 4.83. The zero-order valence-corrected chi connectivity index (χ0v) is 12.3. The quantitative estimate of drug-likeness (QED) is 0.911. The SMILES string of the molecule is Nc1onc(-c2ccc(Cl)s2)c1C(=O)NC1CCCC1. The lowest BCUT2D eigenvalue weighted by atomic mass is 10.1. The number of nitrogens with one attached hydrogen (secondary N) is 1. The summed E-state index contributed by atoms with van der Waals surface area (Å²) in [5, 5.41) is 6.88. The number of hydrogen-bond donors (Lipinski definition) is 2. The van der Waals surface area contributed by atoms with Crippen molar-refractivity contribution < 1.29 is 9.32 Å². The Morgan fingerprint density at radius 3 is 2.85 bits per heavy atom. The molecule has 7 heteroatoms. The monoisotopic (exact) mass is 311 g/mol. The molecule has 0 unspecified atom stereocenters. The third-order valence-electron chi connectivity index (χ3n) is 3.44. The summed E-state index contributed by atoms with van der Waals surface area (Å²) in [6.45, 7) is 0. The normalized spacial score (nSPS) is 15.7. The molecule has 0 atom stereocenters. The maximum atomic E-state index is 12.4. The molecule has 3 rings (SSSR count). The number of thiophene rings is 1. The van der Waals surface area contributed by atoms with E-state index in [1.165, 1.54) is 11.3 Å². The van der Waals surface area contributed by atoms with Gasteiger partial charge in [0, 0.05) is 6.04 Å². The van der Waals surface area contributed by atoms with Crippen molar-refractivity contribution in [2.45, 2.75) is 31.7 Å². The predicted octanol–water partition coefficient (Wildman–Crippen LogP) is 3.31. The highest BCUT2D eigenvalue weighted by atomic mass is 35.5. The van der Waals surface area contributed by atoms with Crippen molar-refractivity contribution in [2.24, 2.45) is 0 Å². The fraction of sp³-hybridized carbons (Fsp3) is 0.385. The van der Waals surface area contributed by atoms with Crippen molar-refractivity contribution in [3.8, 4) is 10.6 Å². The molecule has 1 aliphatic carbocycles. The summed E-state index contributed by atoms with van der Waals surface area (Å²) >= 11 is 7.25. The van der Waals surface area contributed by atoms with Crippen molar-refractivity contribution in [3.63, 3.8) is 0 Å². The van der Waals surface area contributed by atoms with Gasteiger partial charge < -0.3 is 15.6 Å². The van der Waals surface area contributed by atoms with Gasteiger partial charge >= 0.3 is 0 Å². The lowest BCUT2D eigenvalue weighted by Gasteiger charge is -2.11. The molecule has 1 amide bonds. The first-order valence-electron chi connectivity index (χ1n) is 6.47. The summed E-state index contributed by atoms with van der Waals surface area (Å²) in [7, 11) is 0. The Labute approximate surface area is 125 Å². The molecule has 0 spiro atoms. The van der Waals surface area contributed by atoms with Gasteiger partial charge in [-0.3, -0.25) is 4.79 Å². The number of aromatic nitrogens is 1. The van der Waals surface area contributed by atoms with Gasteiger partial charge in [-0.05, 0) is 25.0 Å². The molecule has 2 aromatic rings. The summed E-state index contributed by atoms with van der Waals surface area (Å²) in [6, 6.07) is 3.78. The van der Waals surface area contributed by atoms with E-state index in [1.807, 2.05) is 0 Å². The molecule has 0 radical (unpaired) electrons. The topological polar surface area (TPSA) is 81.2 Å². The molecule has 0 aromatic carbocycles. The molecule has 0 aliphatic heterocycles. The average Bonchev–Trinajstić information content (AvgIpc) is 3.10. The van der Waals surface area contributed by atoms with E-state index in [-0.39, 0.29) is 17.8 Å². The number of rotatable bonds is 3. The highest BCUT2D eigenvalue weighted by Crippen LogP contribution is 2.34. The van der Waals surface area contributed by atoms with Crippen molar-refractivity contribution in [3.05, 3.63) is 22.0 Å². The van der Waals surface area contributed by atoms with Gasteiger partial charge in [0.1, 0.15) is 11.3 Å². The summed E-state index contributed by atoms with van der Waals surface area (Å²) in [5.74, 6) is -0.185. The van der Waals surface area contributed by atoms with Gasteiger partial charge in [0.2, 0.25) is 5.88 Å². The van der Waals surface area contributed by atoms with E-state index in [0.29, 0.717) is 15.6 Å². The molecule has 106 valence electrons. The summed E-state index contributed by atoms with van der Waals surface area (Å²) in [6.07, 6.45) is 4.32. The standard InChI is InChI=1S/C13H14ClN3O2S/c14-9-6-5-8(20-9)11-10(12(15)19-17-11)13(18)16-7-3-1-2-4-7/h5-7H,1-4,15H2,(H,16,18). The number of nitrogens with two attached hydrogens (primary N) is 1. The zero-order valence-electron chi connectivity index (χ0n) is 10.7. The van der Waals surface area contributed by atoms with Gasteiger partial charge in [-0.2, -0.15) is 0 Å². The maximum Gasteiger partial charge on any atom is 0.259 e. The van der Waals surface area contributed by atoms with Crippen LogP contribution in [0, 0.1) is 0 Å². The molecule has 3 N–H and O–H groups in total. The molecule has 20 heavy (non-hydrogen) atoms. The van der Waals surface area contributed by atoms with E-state index in [2.05, 4.69) is 10.5 Å². The molecule has 2 heterocycles. The number of nitrogen functional groups attached to an aromatic ring is 1. The lowest BCUT2D eigenvalue weighted by Crippen LogP contribution is -2.33. The maximum absolute atomic E-state index is 12.4. The fourth-order valence-electron chi connectivity index (χ4n) is 2.46. The molecule has 5 nitrogen and oxygen atoms in total. The molecule has 2 aromatic heterocycles. The van der Waals surface area contributed by atoms with Crippen LogP contribution in [0.5, 0.6) is 0 Å². The van der Waals surface area contributed by atoms with Crippen molar-refractivity contribution in [2.75, 3.05) is 5.73 Å². The van der Waals surface area contributed by atoms with Gasteiger partial charge in [-0.25, -0.2) is 0 Å². The van der Waals surface area contributed by atoms with Crippen molar-refractivity contribution in [1.82, 2.24) is 10.5 Å². The first-order chi connectivity index (χ1) is 9.65. The van der Waals surface area contributed by atoms with Crippen molar-refractivity contribution in [1.29, 1.82) is 0 Å². The minimum Gasteiger partial charge on any atom is -0.367 e. The molecule has 1 saturated carbocycles. The van der Waals surface area contributed by atoms with Crippen LogP contribution in [0.4, 0.5) is 5.88 Å². The van der Waals surface area contributed by atoms with Crippen LogP contribution in [0.25, 0.3) is 10.6 Å². The number of nitrogens with zero attached hydrogens (tertiary/aromatic N) is 1. The highest BCUT2D eigenvalue weighted by molar-refractivity contribution is 7.19. The smallest absolute Gasteiger partial charge is 0.259 e. The van der Waals surface area contributed by atoms with E-state index in [4.69, 9.17) is 21.9 Å². The van der Waals surface area contributed by atoms with Crippen LogP contribution in [-0.2, 0) is 0 Å². The Bertz CT molecular complexity index is 631. The minimum atomic E-state index is -0.227. The second-order valence-corrected chi connectivity index (χ2v) is 6.54. The lowest BCUT2D eigenvalue weighted by molar-refractivity contribution is 0.0939. The van der Waals surface area contributed by atoms with Crippen LogP contribution in [0.15, 0.2) is 16.7 Å². The first-order valence-corrected chi connectivity index (χ1v) is 7.66. The molecule has 1 aliphatic rings. The summed E-state index contributed by atoms with van der Waals surface area (Å²) < 4.78 is 5.60. The Morgan fingerprint density at radius 2 is 2.20 bits per heavy atom. The number of carbonyl (C=O) groups is 1. The Kier molecular flexibility index (Phi) is 3.67. The van der Waals surface area contributed by atoms with Crippen LogP contribution >= 0.6 is 22.9 Å². The fourth-order valence-corrected chi connectivity index (χ4v) is 3.49. The van der Waals surface area contributed by atoms with Gasteiger partial charge in [-0.1, -0.05) is 29.6 Å². The van der Waals surface area contributed by atoms with E-state index in [9.17, 15) is 4.79 Å². The number of carbonyl (C=O) groups excluding carboxylic acids is 1. The molecular formula is C13H14ClN3O2S. The van der Waals surface area contributed by atoms with Gasteiger partial charge in [-0.15, -0.1) is 11.3 Å². The van der Waals surface area contributed by atoms with E-state index in [0.717, 1.165) is 30.6 Å². The van der Waals surface area contributed by atoms with Crippen molar-refractivity contribution >= 4 is 34.7 Å². The largest absolute Gasteiger partial charge is 0.367 e. The van der Waals surface area contributed by atoms with Crippen LogP contribution in [0.3, 0.4) is 0 Å². The summed E-state index contributed by atoms with van der Waals surface area (Å²) in [4.78, 5) is 13.1. The molecule has 1 fully saturated rings. The predicted molar refractivity (Wildman–Crippen MR) is 79.0 cm³/mol. The first kappa shape index (κ1) is 13.5.